The van der Waals surface area contributed by atoms with Gasteiger partial charge in [0.05, 0.1) is 13.2 Å². The van der Waals surface area contributed by atoms with Crippen LogP contribution in [-0.4, -0.2) is 37.1 Å². The number of benzene rings is 1. The smallest absolute Gasteiger partial charge is 0.325 e. The van der Waals surface area contributed by atoms with Crippen LogP contribution in [0, 0.1) is 11.6 Å². The number of amides is 3. The molecule has 0 aliphatic carbocycles. The predicted molar refractivity (Wildman–Crippen MR) is 65.8 cm³/mol. The molecule has 1 heterocycles. The van der Waals surface area contributed by atoms with Crippen LogP contribution in [-0.2, 0) is 15.1 Å². The van der Waals surface area contributed by atoms with Gasteiger partial charge in [-0.25, -0.2) is 13.6 Å². The lowest BCUT2D eigenvalue weighted by atomic mass is 9.91. The zero-order chi connectivity index (χ0) is 14.9. The van der Waals surface area contributed by atoms with Gasteiger partial charge in [0.1, 0.15) is 17.2 Å². The minimum Gasteiger partial charge on any atom is -0.383 e. The molecule has 0 aromatic heterocycles. The average molecular weight is 284 g/mol. The Morgan fingerprint density at radius 2 is 2.05 bits per heavy atom. The summed E-state index contributed by atoms with van der Waals surface area (Å²) in [5, 5.41) is 2.40. The standard InChI is InChI=1S/C13H14F2N2O3/c1-13(9-7-8(14)3-4-10(9)15)11(18)17(5-6-20-2)12(19)16-13/h3-4,7H,5-6H2,1-2H3,(H,16,19)/t13-/m1/s1. The van der Waals surface area contributed by atoms with Crippen molar-refractivity contribution in [3.63, 3.8) is 0 Å². The van der Waals surface area contributed by atoms with Gasteiger partial charge in [-0.05, 0) is 25.1 Å². The zero-order valence-electron chi connectivity index (χ0n) is 11.1. The van der Waals surface area contributed by atoms with Gasteiger partial charge in [-0.1, -0.05) is 0 Å². The van der Waals surface area contributed by atoms with E-state index in [1.807, 2.05) is 0 Å². The van der Waals surface area contributed by atoms with Gasteiger partial charge < -0.3 is 10.1 Å². The third-order valence-corrected chi connectivity index (χ3v) is 3.26. The molecular weight excluding hydrogens is 270 g/mol. The molecule has 1 aliphatic heterocycles. The number of rotatable bonds is 4. The Morgan fingerprint density at radius 1 is 1.35 bits per heavy atom. The fraction of sp³-hybridized carbons (Fsp3) is 0.385. The molecule has 2 rings (SSSR count). The second-order valence-corrected chi connectivity index (χ2v) is 4.63. The predicted octanol–water partition coefficient (Wildman–Crippen LogP) is 1.38. The summed E-state index contributed by atoms with van der Waals surface area (Å²) in [6.45, 7) is 1.56. The molecule has 0 saturated carbocycles. The highest BCUT2D eigenvalue weighted by Crippen LogP contribution is 2.30. The number of imide groups is 1. The monoisotopic (exact) mass is 284 g/mol. The van der Waals surface area contributed by atoms with Crippen LogP contribution in [0.4, 0.5) is 13.6 Å². The molecule has 0 spiro atoms. The highest BCUT2D eigenvalue weighted by molar-refractivity contribution is 6.07. The number of hydrogen-bond donors (Lipinski definition) is 1. The van der Waals surface area contributed by atoms with E-state index in [1.54, 1.807) is 0 Å². The number of ether oxygens (including phenoxy) is 1. The molecule has 5 nitrogen and oxygen atoms in total. The fourth-order valence-corrected chi connectivity index (χ4v) is 2.15. The second kappa shape index (κ2) is 5.16. The Labute approximate surface area is 114 Å². The van der Waals surface area contributed by atoms with Crippen LogP contribution in [0.3, 0.4) is 0 Å². The van der Waals surface area contributed by atoms with Crippen molar-refractivity contribution in [3.8, 4) is 0 Å². The normalized spacial score (nSPS) is 22.3. The third-order valence-electron chi connectivity index (χ3n) is 3.26. The number of halogens is 2. The van der Waals surface area contributed by atoms with Gasteiger partial charge in [-0.15, -0.1) is 0 Å². The molecular formula is C13H14F2N2O3. The van der Waals surface area contributed by atoms with Crippen molar-refractivity contribution in [1.82, 2.24) is 10.2 Å². The van der Waals surface area contributed by atoms with Crippen molar-refractivity contribution < 1.29 is 23.1 Å². The number of carbonyl (C=O) groups excluding carboxylic acids is 2. The minimum atomic E-state index is -1.61. The van der Waals surface area contributed by atoms with Crippen molar-refractivity contribution in [2.75, 3.05) is 20.3 Å². The van der Waals surface area contributed by atoms with Gasteiger partial charge in [-0.3, -0.25) is 9.69 Å². The molecule has 7 heteroatoms. The van der Waals surface area contributed by atoms with Crippen LogP contribution in [0.2, 0.25) is 0 Å². The molecule has 1 aromatic carbocycles. The molecule has 0 bridgehead atoms. The van der Waals surface area contributed by atoms with E-state index in [1.165, 1.54) is 14.0 Å². The maximum atomic E-state index is 13.8. The molecule has 1 aliphatic rings. The number of nitrogens with one attached hydrogen (secondary N) is 1. The molecule has 1 atom stereocenters. The summed E-state index contributed by atoms with van der Waals surface area (Å²) >= 11 is 0. The van der Waals surface area contributed by atoms with Crippen molar-refractivity contribution in [3.05, 3.63) is 35.4 Å². The molecule has 1 fully saturated rings. The maximum absolute atomic E-state index is 13.8. The van der Waals surface area contributed by atoms with Gasteiger partial charge in [0.2, 0.25) is 0 Å². The number of carbonyl (C=O) groups is 2. The zero-order valence-corrected chi connectivity index (χ0v) is 11.1. The molecule has 0 unspecified atom stereocenters. The first-order valence-corrected chi connectivity index (χ1v) is 5.98. The first-order chi connectivity index (χ1) is 9.40. The van der Waals surface area contributed by atoms with Gasteiger partial charge in [0, 0.05) is 12.7 Å². The lowest BCUT2D eigenvalue weighted by Crippen LogP contribution is -2.42. The molecule has 0 radical (unpaired) electrons. The second-order valence-electron chi connectivity index (χ2n) is 4.63. The number of hydrogen-bond acceptors (Lipinski definition) is 3. The van der Waals surface area contributed by atoms with E-state index in [0.29, 0.717) is 0 Å². The van der Waals surface area contributed by atoms with Crippen molar-refractivity contribution in [1.29, 1.82) is 0 Å². The van der Waals surface area contributed by atoms with Crippen molar-refractivity contribution in [2.24, 2.45) is 0 Å². The molecule has 1 N–H and O–H groups in total. The molecule has 108 valence electrons. The summed E-state index contributed by atoms with van der Waals surface area (Å²) in [4.78, 5) is 25.0. The first kappa shape index (κ1) is 14.4. The van der Waals surface area contributed by atoms with E-state index in [9.17, 15) is 18.4 Å². The van der Waals surface area contributed by atoms with Crippen molar-refractivity contribution in [2.45, 2.75) is 12.5 Å². The molecule has 1 saturated heterocycles. The van der Waals surface area contributed by atoms with E-state index in [4.69, 9.17) is 4.74 Å². The Kier molecular flexibility index (Phi) is 3.71. The first-order valence-electron chi connectivity index (χ1n) is 5.98. The Balaban J connectivity index is 2.38. The number of methoxy groups -OCH3 is 1. The van der Waals surface area contributed by atoms with E-state index in [0.717, 1.165) is 23.1 Å². The van der Waals surface area contributed by atoms with E-state index >= 15 is 0 Å². The number of urea groups is 1. The van der Waals surface area contributed by atoms with Crippen LogP contribution in [0.15, 0.2) is 18.2 Å². The van der Waals surface area contributed by atoms with E-state index in [2.05, 4.69) is 5.32 Å². The molecule has 20 heavy (non-hydrogen) atoms. The summed E-state index contributed by atoms with van der Waals surface area (Å²) in [5.41, 5.74) is -1.81. The Hall–Kier alpha value is -2.02. The summed E-state index contributed by atoms with van der Waals surface area (Å²) in [6, 6.07) is 2.13. The highest BCUT2D eigenvalue weighted by atomic mass is 19.1. The lowest BCUT2D eigenvalue weighted by Gasteiger charge is -2.22. The van der Waals surface area contributed by atoms with Gasteiger partial charge >= 0.3 is 6.03 Å². The summed E-state index contributed by atoms with van der Waals surface area (Å²) in [7, 11) is 1.43. The molecule has 3 amide bonds. The van der Waals surface area contributed by atoms with Crippen LogP contribution in [0.1, 0.15) is 12.5 Å². The minimum absolute atomic E-state index is 0.0493. The molecule has 1 aromatic rings. The summed E-state index contributed by atoms with van der Waals surface area (Å²) in [6.07, 6.45) is 0. The van der Waals surface area contributed by atoms with Crippen LogP contribution in [0.5, 0.6) is 0 Å². The Bertz CT molecular complexity index is 565. The van der Waals surface area contributed by atoms with E-state index in [-0.39, 0.29) is 18.7 Å². The maximum Gasteiger partial charge on any atom is 0.325 e. The largest absolute Gasteiger partial charge is 0.383 e. The van der Waals surface area contributed by atoms with Gasteiger partial charge in [0.15, 0.2) is 0 Å². The van der Waals surface area contributed by atoms with E-state index < -0.39 is 29.1 Å². The summed E-state index contributed by atoms with van der Waals surface area (Å²) < 4.78 is 31.9. The highest BCUT2D eigenvalue weighted by Gasteiger charge is 2.50. The summed E-state index contributed by atoms with van der Waals surface area (Å²) in [5.74, 6) is -2.07. The third kappa shape index (κ3) is 2.24. The average Bonchev–Trinajstić information content (AvgIpc) is 2.62. The Morgan fingerprint density at radius 3 is 2.70 bits per heavy atom. The van der Waals surface area contributed by atoms with Gasteiger partial charge in [-0.2, -0.15) is 0 Å². The SMILES string of the molecule is COCCN1C(=O)N[C@](C)(c2cc(F)ccc2F)C1=O. The number of nitrogens with zero attached hydrogens (tertiary/aromatic N) is 1. The fourth-order valence-electron chi connectivity index (χ4n) is 2.15. The van der Waals surface area contributed by atoms with Crippen molar-refractivity contribution >= 4 is 11.9 Å². The van der Waals surface area contributed by atoms with Gasteiger partial charge in [0.25, 0.3) is 5.91 Å². The quantitative estimate of drug-likeness (QED) is 0.850. The van der Waals surface area contributed by atoms with Crippen LogP contribution in [0.25, 0.3) is 0 Å². The topological polar surface area (TPSA) is 58.6 Å². The lowest BCUT2D eigenvalue weighted by molar-refractivity contribution is -0.131. The van der Waals surface area contributed by atoms with Crippen LogP contribution < -0.4 is 5.32 Å². The van der Waals surface area contributed by atoms with Crippen LogP contribution >= 0.6 is 0 Å².